The smallest absolute Gasteiger partial charge is 0.244 e. The largest absolute Gasteiger partial charge is 0.338 e. The summed E-state index contributed by atoms with van der Waals surface area (Å²) in [7, 11) is -4.04. The Labute approximate surface area is 145 Å². The topological polar surface area (TPSA) is 111 Å². The first kappa shape index (κ1) is 18.8. The summed E-state index contributed by atoms with van der Waals surface area (Å²) < 4.78 is 45.6. The summed E-state index contributed by atoms with van der Waals surface area (Å²) in [5.41, 5.74) is 5.51. The van der Waals surface area contributed by atoms with Crippen LogP contribution in [0.1, 0.15) is 43.9 Å². The van der Waals surface area contributed by atoms with E-state index in [9.17, 15) is 12.8 Å². The molecule has 1 aliphatic rings. The van der Waals surface area contributed by atoms with E-state index in [1.54, 1.807) is 6.92 Å². The van der Waals surface area contributed by atoms with E-state index >= 15 is 0 Å². The lowest BCUT2D eigenvalue weighted by Gasteiger charge is -2.34. The summed E-state index contributed by atoms with van der Waals surface area (Å²) >= 11 is 0. The highest BCUT2D eigenvalue weighted by Gasteiger charge is 2.39. The standard InChI is InChI=1S/C14H17FN4O3S.ClH/c1-9(12-17-13(18-22-12)14(16)7-4-8-14)19-23(20,21)11-6-3-2-5-10(11)15;/h2-3,5-6,9,19H,4,7-8,16H2,1H3;1H. The predicted molar refractivity (Wildman–Crippen MR) is 86.4 cm³/mol. The van der Waals surface area contributed by atoms with E-state index in [4.69, 9.17) is 10.3 Å². The number of benzene rings is 1. The van der Waals surface area contributed by atoms with Gasteiger partial charge in [-0.05, 0) is 38.3 Å². The Hall–Kier alpha value is -1.55. The van der Waals surface area contributed by atoms with Crippen molar-refractivity contribution in [2.75, 3.05) is 0 Å². The van der Waals surface area contributed by atoms with Gasteiger partial charge in [0.25, 0.3) is 0 Å². The van der Waals surface area contributed by atoms with Gasteiger partial charge in [-0.25, -0.2) is 12.8 Å². The molecule has 1 atom stereocenters. The third kappa shape index (κ3) is 3.44. The van der Waals surface area contributed by atoms with Crippen molar-refractivity contribution in [3.63, 3.8) is 0 Å². The van der Waals surface area contributed by atoms with E-state index in [0.29, 0.717) is 5.82 Å². The average molecular weight is 377 g/mol. The van der Waals surface area contributed by atoms with E-state index in [1.165, 1.54) is 18.2 Å². The molecule has 3 rings (SSSR count). The number of aromatic nitrogens is 2. The number of hydrogen-bond acceptors (Lipinski definition) is 6. The Morgan fingerprint density at radius 1 is 1.38 bits per heavy atom. The van der Waals surface area contributed by atoms with E-state index in [-0.39, 0.29) is 18.3 Å². The molecule has 1 aromatic heterocycles. The summed E-state index contributed by atoms with van der Waals surface area (Å²) in [6.45, 7) is 1.54. The average Bonchev–Trinajstić information content (AvgIpc) is 2.95. The second-order valence-corrected chi connectivity index (χ2v) is 7.42. The first-order valence-electron chi connectivity index (χ1n) is 7.22. The maximum Gasteiger partial charge on any atom is 0.244 e. The molecule has 7 nitrogen and oxygen atoms in total. The quantitative estimate of drug-likeness (QED) is 0.825. The van der Waals surface area contributed by atoms with Crippen LogP contribution in [0.2, 0.25) is 0 Å². The van der Waals surface area contributed by atoms with Crippen molar-refractivity contribution in [3.8, 4) is 0 Å². The first-order valence-corrected chi connectivity index (χ1v) is 8.70. The van der Waals surface area contributed by atoms with Crippen molar-refractivity contribution < 1.29 is 17.3 Å². The molecule has 0 aliphatic heterocycles. The lowest BCUT2D eigenvalue weighted by atomic mass is 9.77. The van der Waals surface area contributed by atoms with Gasteiger partial charge in [-0.3, -0.25) is 0 Å². The number of nitrogens with one attached hydrogen (secondary N) is 1. The van der Waals surface area contributed by atoms with Crippen LogP contribution in [-0.2, 0) is 15.6 Å². The van der Waals surface area contributed by atoms with Crippen LogP contribution in [0.4, 0.5) is 4.39 Å². The van der Waals surface area contributed by atoms with Crippen molar-refractivity contribution in [2.45, 2.75) is 42.7 Å². The molecule has 1 fully saturated rings. The second kappa shape index (κ2) is 6.75. The molecule has 0 saturated heterocycles. The lowest BCUT2D eigenvalue weighted by molar-refractivity contribution is 0.228. The van der Waals surface area contributed by atoms with Crippen molar-refractivity contribution in [2.24, 2.45) is 5.73 Å². The SMILES string of the molecule is CC(NS(=O)(=O)c1ccccc1F)c1nc(C2(N)CCC2)no1.Cl. The van der Waals surface area contributed by atoms with Gasteiger partial charge in [0, 0.05) is 0 Å². The van der Waals surface area contributed by atoms with E-state index in [0.717, 1.165) is 25.3 Å². The number of nitrogens with zero attached hydrogens (tertiary/aromatic N) is 2. The number of rotatable bonds is 5. The first-order chi connectivity index (χ1) is 10.8. The highest BCUT2D eigenvalue weighted by molar-refractivity contribution is 7.89. The Bertz CT molecular complexity index is 823. The number of nitrogens with two attached hydrogens (primary N) is 1. The monoisotopic (exact) mass is 376 g/mol. The fourth-order valence-electron chi connectivity index (χ4n) is 2.40. The van der Waals surface area contributed by atoms with Gasteiger partial charge < -0.3 is 10.3 Å². The maximum atomic E-state index is 13.7. The fourth-order valence-corrected chi connectivity index (χ4v) is 3.68. The Kier molecular flexibility index (Phi) is 5.28. The van der Waals surface area contributed by atoms with Crippen LogP contribution >= 0.6 is 12.4 Å². The zero-order valence-corrected chi connectivity index (χ0v) is 14.5. The molecule has 1 unspecified atom stereocenters. The number of hydrogen-bond donors (Lipinski definition) is 2. The molecule has 0 bridgehead atoms. The molecule has 0 amide bonds. The molecule has 1 aliphatic carbocycles. The van der Waals surface area contributed by atoms with E-state index < -0.39 is 32.3 Å². The minimum absolute atomic E-state index is 0. The van der Waals surface area contributed by atoms with Gasteiger partial charge in [0.15, 0.2) is 5.82 Å². The number of halogens is 2. The third-order valence-corrected chi connectivity index (χ3v) is 5.54. The van der Waals surface area contributed by atoms with Gasteiger partial charge in [0.1, 0.15) is 10.7 Å². The molecule has 10 heteroatoms. The van der Waals surface area contributed by atoms with Gasteiger partial charge in [-0.2, -0.15) is 9.71 Å². The van der Waals surface area contributed by atoms with Gasteiger partial charge in [0.2, 0.25) is 15.9 Å². The van der Waals surface area contributed by atoms with Crippen molar-refractivity contribution in [1.29, 1.82) is 0 Å². The van der Waals surface area contributed by atoms with Gasteiger partial charge in [-0.1, -0.05) is 17.3 Å². The highest BCUT2D eigenvalue weighted by Crippen LogP contribution is 2.37. The van der Waals surface area contributed by atoms with Crippen LogP contribution in [-0.4, -0.2) is 18.6 Å². The summed E-state index contributed by atoms with van der Waals surface area (Å²) in [6.07, 6.45) is 2.53. The van der Waals surface area contributed by atoms with Crippen molar-refractivity contribution >= 4 is 22.4 Å². The fraction of sp³-hybridized carbons (Fsp3) is 0.429. The van der Waals surface area contributed by atoms with E-state index in [2.05, 4.69) is 14.9 Å². The zero-order chi connectivity index (χ0) is 16.7. The molecular formula is C14H18ClFN4O3S. The highest BCUT2D eigenvalue weighted by atomic mass is 35.5. The van der Waals surface area contributed by atoms with E-state index in [1.807, 2.05) is 0 Å². The molecule has 0 spiro atoms. The zero-order valence-electron chi connectivity index (χ0n) is 12.9. The lowest BCUT2D eigenvalue weighted by Crippen LogP contribution is -2.44. The molecule has 132 valence electrons. The molecule has 24 heavy (non-hydrogen) atoms. The van der Waals surface area contributed by atoms with Crippen molar-refractivity contribution in [3.05, 3.63) is 41.8 Å². The van der Waals surface area contributed by atoms with Crippen LogP contribution in [0.3, 0.4) is 0 Å². The Balaban J connectivity index is 0.00000208. The maximum absolute atomic E-state index is 13.7. The van der Waals surface area contributed by atoms with Crippen LogP contribution < -0.4 is 10.5 Å². The van der Waals surface area contributed by atoms with Crippen LogP contribution in [0.5, 0.6) is 0 Å². The minimum Gasteiger partial charge on any atom is -0.338 e. The number of sulfonamides is 1. The summed E-state index contributed by atoms with van der Waals surface area (Å²) in [5, 5.41) is 3.83. The molecule has 3 N–H and O–H groups in total. The van der Waals surface area contributed by atoms with Crippen molar-refractivity contribution in [1.82, 2.24) is 14.9 Å². The summed E-state index contributed by atoms with van der Waals surface area (Å²) in [6, 6.07) is 4.33. The van der Waals surface area contributed by atoms with Gasteiger partial charge in [0.05, 0.1) is 11.6 Å². The van der Waals surface area contributed by atoms with Gasteiger partial charge >= 0.3 is 0 Å². The van der Waals surface area contributed by atoms with Gasteiger partial charge in [-0.15, -0.1) is 12.4 Å². The molecular weight excluding hydrogens is 359 g/mol. The van der Waals surface area contributed by atoms with Crippen LogP contribution in [0.25, 0.3) is 0 Å². The third-order valence-electron chi connectivity index (χ3n) is 3.96. The Morgan fingerprint density at radius 3 is 2.62 bits per heavy atom. The molecule has 1 heterocycles. The predicted octanol–water partition coefficient (Wildman–Crippen LogP) is 2.01. The van der Waals surface area contributed by atoms with Crippen LogP contribution in [0.15, 0.2) is 33.7 Å². The van der Waals surface area contributed by atoms with Crippen LogP contribution in [0, 0.1) is 5.82 Å². The molecule has 1 aromatic carbocycles. The summed E-state index contributed by atoms with van der Waals surface area (Å²) in [5.74, 6) is -0.360. The second-order valence-electron chi connectivity index (χ2n) is 5.74. The Morgan fingerprint density at radius 2 is 2.04 bits per heavy atom. The summed E-state index contributed by atoms with van der Waals surface area (Å²) in [4.78, 5) is 3.75. The minimum atomic E-state index is -4.04. The molecule has 2 aromatic rings. The molecule has 0 radical (unpaired) electrons. The molecule has 1 saturated carbocycles. The normalized spacial score (nSPS) is 17.6.